The second-order valence-corrected chi connectivity index (χ2v) is 4.03. The number of aliphatic carboxylic acids is 1. The van der Waals surface area contributed by atoms with Crippen molar-refractivity contribution in [2.75, 3.05) is 6.54 Å². The summed E-state index contributed by atoms with van der Waals surface area (Å²) < 4.78 is 2.85. The van der Waals surface area contributed by atoms with E-state index in [0.29, 0.717) is 13.0 Å². The summed E-state index contributed by atoms with van der Waals surface area (Å²) in [6, 6.07) is -0.404. The molecule has 2 unspecified atom stereocenters. The molecule has 1 saturated heterocycles. The van der Waals surface area contributed by atoms with E-state index in [1.165, 1.54) is 28.0 Å². The summed E-state index contributed by atoms with van der Waals surface area (Å²) in [6.07, 6.45) is 6.76. The maximum Gasteiger partial charge on any atom is 0.349 e. The van der Waals surface area contributed by atoms with Crippen molar-refractivity contribution in [2.45, 2.75) is 18.1 Å². The van der Waals surface area contributed by atoms with Crippen molar-refractivity contribution in [2.24, 2.45) is 0 Å². The molecule has 0 amide bonds. The molecule has 0 spiro atoms. The van der Waals surface area contributed by atoms with Gasteiger partial charge in [-0.25, -0.2) is 14.2 Å². The normalized spacial score (nSPS) is 27.4. The highest BCUT2D eigenvalue weighted by Crippen LogP contribution is 2.34. The molecule has 0 radical (unpaired) electrons. The van der Waals surface area contributed by atoms with E-state index in [1.807, 2.05) is 0 Å². The maximum atomic E-state index is 11.7. The predicted octanol–water partition coefficient (Wildman–Crippen LogP) is -1.16. The molecule has 0 aliphatic carbocycles. The van der Waals surface area contributed by atoms with Crippen molar-refractivity contribution in [3.8, 4) is 0 Å². The Morgan fingerprint density at radius 2 is 2.11 bits per heavy atom. The Kier molecular flexibility index (Phi) is 2.33. The van der Waals surface area contributed by atoms with E-state index in [-0.39, 0.29) is 0 Å². The SMILES string of the molecule is O=C(O)C1(n2ccnn2)NCCC1n1ccnn1. The zero-order valence-corrected chi connectivity index (χ0v) is 9.34. The highest BCUT2D eigenvalue weighted by molar-refractivity contribution is 5.77. The molecule has 1 aliphatic rings. The first kappa shape index (κ1) is 10.8. The number of rotatable bonds is 3. The van der Waals surface area contributed by atoms with Gasteiger partial charge in [-0.05, 0) is 6.42 Å². The van der Waals surface area contributed by atoms with Gasteiger partial charge in [0.1, 0.15) is 6.04 Å². The van der Waals surface area contributed by atoms with Crippen molar-refractivity contribution in [1.82, 2.24) is 35.3 Å². The minimum absolute atomic E-state index is 0.404. The quantitative estimate of drug-likeness (QED) is 0.705. The zero-order valence-electron chi connectivity index (χ0n) is 9.34. The van der Waals surface area contributed by atoms with Gasteiger partial charge in [0, 0.05) is 18.9 Å². The van der Waals surface area contributed by atoms with E-state index in [9.17, 15) is 9.90 Å². The van der Waals surface area contributed by atoms with Crippen LogP contribution in [0.4, 0.5) is 0 Å². The number of nitrogens with one attached hydrogen (secondary N) is 1. The fourth-order valence-corrected chi connectivity index (χ4v) is 2.38. The number of aromatic nitrogens is 6. The van der Waals surface area contributed by atoms with E-state index in [4.69, 9.17) is 0 Å². The average Bonchev–Trinajstić information content (AvgIpc) is 3.10. The molecule has 1 fully saturated rings. The van der Waals surface area contributed by atoms with Gasteiger partial charge < -0.3 is 5.11 Å². The Labute approximate surface area is 101 Å². The van der Waals surface area contributed by atoms with Gasteiger partial charge in [0.15, 0.2) is 0 Å². The van der Waals surface area contributed by atoms with Crippen LogP contribution in [0.1, 0.15) is 12.5 Å². The molecule has 3 heterocycles. The van der Waals surface area contributed by atoms with Gasteiger partial charge in [0.25, 0.3) is 0 Å². The Bertz CT molecular complexity index is 537. The minimum atomic E-state index is -1.37. The first-order valence-electron chi connectivity index (χ1n) is 5.46. The third-order valence-corrected chi connectivity index (χ3v) is 3.16. The minimum Gasteiger partial charge on any atom is -0.478 e. The molecule has 2 aromatic rings. The van der Waals surface area contributed by atoms with Crippen LogP contribution in [-0.2, 0) is 10.5 Å². The van der Waals surface area contributed by atoms with Crippen LogP contribution in [0.5, 0.6) is 0 Å². The summed E-state index contributed by atoms with van der Waals surface area (Å²) >= 11 is 0. The lowest BCUT2D eigenvalue weighted by molar-refractivity contribution is -0.152. The summed E-state index contributed by atoms with van der Waals surface area (Å²) in [5.74, 6) is -1.02. The van der Waals surface area contributed by atoms with Crippen LogP contribution in [0.3, 0.4) is 0 Å². The number of nitrogens with zero attached hydrogens (tertiary/aromatic N) is 6. The first-order valence-corrected chi connectivity index (χ1v) is 5.46. The third kappa shape index (κ3) is 1.34. The number of hydrogen-bond donors (Lipinski definition) is 2. The van der Waals surface area contributed by atoms with E-state index >= 15 is 0 Å². The van der Waals surface area contributed by atoms with Crippen molar-refractivity contribution in [3.63, 3.8) is 0 Å². The summed E-state index contributed by atoms with van der Waals surface area (Å²) in [5.41, 5.74) is -1.37. The second-order valence-electron chi connectivity index (χ2n) is 4.03. The average molecular weight is 249 g/mol. The van der Waals surface area contributed by atoms with Crippen LogP contribution in [-0.4, -0.2) is 47.6 Å². The molecular weight excluding hydrogens is 238 g/mol. The van der Waals surface area contributed by atoms with Crippen LogP contribution < -0.4 is 5.32 Å². The summed E-state index contributed by atoms with van der Waals surface area (Å²) in [4.78, 5) is 11.7. The number of hydrogen-bond acceptors (Lipinski definition) is 6. The molecule has 0 aromatic carbocycles. The lowest BCUT2D eigenvalue weighted by atomic mass is 10.0. The molecule has 2 aromatic heterocycles. The van der Waals surface area contributed by atoms with E-state index in [1.54, 1.807) is 6.20 Å². The topological polar surface area (TPSA) is 111 Å². The standard InChI is InChI=1S/C9H11N7O2/c17-8(18)9(16-6-4-12-14-16)7(1-2-10-9)15-5-3-11-13-15/h3-7,10H,1-2H2,(H,17,18). The van der Waals surface area contributed by atoms with Gasteiger partial charge in [-0.1, -0.05) is 10.4 Å². The van der Waals surface area contributed by atoms with E-state index < -0.39 is 17.7 Å². The van der Waals surface area contributed by atoms with Gasteiger partial charge in [0.2, 0.25) is 5.66 Å². The Hall–Kier alpha value is -2.29. The van der Waals surface area contributed by atoms with Gasteiger partial charge in [-0.2, -0.15) is 0 Å². The largest absolute Gasteiger partial charge is 0.478 e. The van der Waals surface area contributed by atoms with Gasteiger partial charge in [-0.15, -0.1) is 10.2 Å². The van der Waals surface area contributed by atoms with E-state index in [0.717, 1.165) is 0 Å². The lowest BCUT2D eigenvalue weighted by Crippen LogP contribution is -2.55. The molecule has 2 atom stereocenters. The third-order valence-electron chi connectivity index (χ3n) is 3.16. The van der Waals surface area contributed by atoms with Crippen LogP contribution in [0.25, 0.3) is 0 Å². The monoisotopic (exact) mass is 249 g/mol. The highest BCUT2D eigenvalue weighted by atomic mass is 16.4. The first-order chi connectivity index (χ1) is 8.75. The molecule has 1 aliphatic heterocycles. The molecule has 0 saturated carbocycles. The molecule has 9 nitrogen and oxygen atoms in total. The Balaban J connectivity index is 2.11. The van der Waals surface area contributed by atoms with Crippen LogP contribution >= 0.6 is 0 Å². The van der Waals surface area contributed by atoms with Crippen molar-refractivity contribution in [1.29, 1.82) is 0 Å². The molecule has 9 heteroatoms. The molecule has 0 bridgehead atoms. The van der Waals surface area contributed by atoms with E-state index in [2.05, 4.69) is 25.9 Å². The molecular formula is C9H11N7O2. The Morgan fingerprint density at radius 1 is 1.33 bits per heavy atom. The summed E-state index contributed by atoms with van der Waals surface area (Å²) in [5, 5.41) is 27.7. The van der Waals surface area contributed by atoms with Crippen LogP contribution in [0.2, 0.25) is 0 Å². The van der Waals surface area contributed by atoms with Crippen LogP contribution in [0.15, 0.2) is 24.8 Å². The molecule has 2 N–H and O–H groups in total. The molecule has 94 valence electrons. The van der Waals surface area contributed by atoms with Crippen molar-refractivity contribution < 1.29 is 9.90 Å². The number of carboxylic acid groups (broad SMARTS) is 1. The Morgan fingerprint density at radius 3 is 2.72 bits per heavy atom. The van der Waals surface area contributed by atoms with Gasteiger partial charge in [-0.3, -0.25) is 5.32 Å². The predicted molar refractivity (Wildman–Crippen MR) is 57.3 cm³/mol. The molecule has 3 rings (SSSR count). The van der Waals surface area contributed by atoms with Crippen molar-refractivity contribution in [3.05, 3.63) is 24.8 Å². The van der Waals surface area contributed by atoms with Gasteiger partial charge >= 0.3 is 5.97 Å². The lowest BCUT2D eigenvalue weighted by Gasteiger charge is -2.30. The smallest absolute Gasteiger partial charge is 0.349 e. The maximum absolute atomic E-state index is 11.7. The second kappa shape index (κ2) is 3.88. The fraction of sp³-hybridized carbons (Fsp3) is 0.444. The molecule has 18 heavy (non-hydrogen) atoms. The number of carboxylic acids is 1. The summed E-state index contributed by atoms with van der Waals surface area (Å²) in [6.45, 7) is 0.552. The fourth-order valence-electron chi connectivity index (χ4n) is 2.38. The zero-order chi connectivity index (χ0) is 12.6. The van der Waals surface area contributed by atoms with Crippen LogP contribution in [0, 0.1) is 0 Å². The number of carbonyl (C=O) groups is 1. The highest BCUT2D eigenvalue weighted by Gasteiger charge is 2.53. The van der Waals surface area contributed by atoms with Gasteiger partial charge in [0.05, 0.1) is 12.4 Å². The summed E-state index contributed by atoms with van der Waals surface area (Å²) in [7, 11) is 0. The van der Waals surface area contributed by atoms with Crippen molar-refractivity contribution >= 4 is 5.97 Å².